The lowest BCUT2D eigenvalue weighted by molar-refractivity contribution is -0.115. The average molecular weight is 386 g/mol. The van der Waals surface area contributed by atoms with Crippen LogP contribution in [-0.2, 0) is 4.79 Å². The van der Waals surface area contributed by atoms with Crippen LogP contribution in [-0.4, -0.2) is 28.0 Å². The van der Waals surface area contributed by atoms with Crippen LogP contribution < -0.4 is 10.1 Å². The number of nitrogens with zero attached hydrogens (tertiary/aromatic N) is 2. The van der Waals surface area contributed by atoms with Crippen molar-refractivity contribution in [3.8, 4) is 11.4 Å². The molecule has 0 spiro atoms. The Hall–Kier alpha value is -2.25. The number of aromatic nitrogens is 2. The summed E-state index contributed by atoms with van der Waals surface area (Å²) in [6, 6.07) is 9.80. The van der Waals surface area contributed by atoms with Crippen molar-refractivity contribution in [2.24, 2.45) is 0 Å². The van der Waals surface area contributed by atoms with Gasteiger partial charge in [0, 0.05) is 5.56 Å². The van der Waals surface area contributed by atoms with Gasteiger partial charge >= 0.3 is 0 Å². The fourth-order valence-electron chi connectivity index (χ4n) is 3.11. The van der Waals surface area contributed by atoms with Crippen molar-refractivity contribution in [3.05, 3.63) is 57.9 Å². The molecule has 7 heteroatoms. The first-order chi connectivity index (χ1) is 12.6. The number of amides is 1. The molecule has 1 amide bonds. The van der Waals surface area contributed by atoms with Crippen LogP contribution in [0.4, 0.5) is 5.82 Å². The second kappa shape index (κ2) is 6.81. The summed E-state index contributed by atoms with van der Waals surface area (Å²) >= 11 is 3.34. The van der Waals surface area contributed by atoms with E-state index in [2.05, 4.69) is 22.1 Å². The maximum atomic E-state index is 12.6. The molecule has 3 aromatic rings. The van der Waals surface area contributed by atoms with Gasteiger partial charge in [0.2, 0.25) is 5.91 Å². The summed E-state index contributed by atoms with van der Waals surface area (Å²) in [6.07, 6.45) is 0. The highest BCUT2D eigenvalue weighted by Gasteiger charge is 2.34. The number of nitrogens with one attached hydrogen (secondary N) is 1. The van der Waals surface area contributed by atoms with E-state index in [4.69, 9.17) is 9.84 Å². The molecular formula is C19H19N3O2S2. The van der Waals surface area contributed by atoms with E-state index in [1.165, 1.54) is 5.56 Å². The van der Waals surface area contributed by atoms with Gasteiger partial charge in [0.25, 0.3) is 0 Å². The third-order valence-electron chi connectivity index (χ3n) is 4.48. The van der Waals surface area contributed by atoms with Crippen molar-refractivity contribution in [2.45, 2.75) is 24.3 Å². The molecule has 0 saturated carbocycles. The van der Waals surface area contributed by atoms with Crippen molar-refractivity contribution in [1.82, 2.24) is 9.78 Å². The number of anilines is 1. The lowest BCUT2D eigenvalue weighted by Crippen LogP contribution is -2.22. The SMILES string of the molecule is COc1ccc(-n2nc(C)c3c2NC(=O)[C@@H](C)S[C@H]3c2ccsc2)cc1. The molecular weight excluding hydrogens is 366 g/mol. The van der Waals surface area contributed by atoms with E-state index in [0.29, 0.717) is 0 Å². The van der Waals surface area contributed by atoms with E-state index in [9.17, 15) is 4.79 Å². The highest BCUT2D eigenvalue weighted by molar-refractivity contribution is 8.01. The molecule has 2 atom stereocenters. The van der Waals surface area contributed by atoms with E-state index in [1.54, 1.807) is 30.2 Å². The van der Waals surface area contributed by atoms with Gasteiger partial charge in [-0.2, -0.15) is 16.4 Å². The Morgan fingerprint density at radius 2 is 2.00 bits per heavy atom. The molecule has 0 saturated heterocycles. The summed E-state index contributed by atoms with van der Waals surface area (Å²) in [5.41, 5.74) is 4.09. The van der Waals surface area contributed by atoms with Crippen LogP contribution in [0, 0.1) is 6.92 Å². The number of fused-ring (bicyclic) bond motifs is 1. The fourth-order valence-corrected chi connectivity index (χ4v) is 5.19. The van der Waals surface area contributed by atoms with Gasteiger partial charge in [-0.3, -0.25) is 4.79 Å². The normalized spacial score (nSPS) is 19.6. The zero-order valence-corrected chi connectivity index (χ0v) is 16.4. The van der Waals surface area contributed by atoms with Gasteiger partial charge in [-0.1, -0.05) is 0 Å². The fraction of sp³-hybridized carbons (Fsp3) is 0.263. The smallest absolute Gasteiger partial charge is 0.238 e. The number of ether oxygens (including phenoxy) is 1. The van der Waals surface area contributed by atoms with E-state index in [-0.39, 0.29) is 16.4 Å². The number of methoxy groups -OCH3 is 1. The predicted molar refractivity (Wildman–Crippen MR) is 107 cm³/mol. The average Bonchev–Trinajstić information content (AvgIpc) is 3.26. The molecule has 134 valence electrons. The third kappa shape index (κ3) is 2.91. The van der Waals surface area contributed by atoms with Crippen LogP contribution in [0.3, 0.4) is 0 Å². The number of thiophene rings is 1. The van der Waals surface area contributed by atoms with Gasteiger partial charge in [0.05, 0.1) is 29.0 Å². The first kappa shape index (κ1) is 17.2. The molecule has 0 fully saturated rings. The molecule has 1 N–H and O–H groups in total. The minimum absolute atomic E-state index is 0.00337. The van der Waals surface area contributed by atoms with Crippen molar-refractivity contribution in [1.29, 1.82) is 0 Å². The Labute approximate surface area is 160 Å². The van der Waals surface area contributed by atoms with Gasteiger partial charge in [-0.15, -0.1) is 11.8 Å². The zero-order valence-electron chi connectivity index (χ0n) is 14.7. The molecule has 0 aliphatic carbocycles. The van der Waals surface area contributed by atoms with E-state index < -0.39 is 0 Å². The zero-order chi connectivity index (χ0) is 18.3. The third-order valence-corrected chi connectivity index (χ3v) is 6.59. The molecule has 1 aliphatic heterocycles. The first-order valence-electron chi connectivity index (χ1n) is 8.31. The van der Waals surface area contributed by atoms with Crippen LogP contribution in [0.1, 0.15) is 29.0 Å². The summed E-state index contributed by atoms with van der Waals surface area (Å²) in [5.74, 6) is 1.54. The molecule has 1 aliphatic rings. The number of hydrogen-bond donors (Lipinski definition) is 1. The summed E-state index contributed by atoms with van der Waals surface area (Å²) < 4.78 is 7.06. The Balaban J connectivity index is 1.87. The molecule has 0 bridgehead atoms. The molecule has 1 aromatic carbocycles. The monoisotopic (exact) mass is 385 g/mol. The number of rotatable bonds is 3. The molecule has 2 aromatic heterocycles. The van der Waals surface area contributed by atoms with E-state index in [0.717, 1.165) is 28.5 Å². The number of carbonyl (C=O) groups is 1. The molecule has 4 rings (SSSR count). The molecule has 0 radical (unpaired) electrons. The number of aryl methyl sites for hydroxylation is 1. The second-order valence-electron chi connectivity index (χ2n) is 6.16. The minimum Gasteiger partial charge on any atom is -0.497 e. The summed E-state index contributed by atoms with van der Waals surface area (Å²) in [4.78, 5) is 12.6. The largest absolute Gasteiger partial charge is 0.497 e. The number of benzene rings is 1. The Morgan fingerprint density at radius 1 is 1.23 bits per heavy atom. The minimum atomic E-state index is -0.143. The maximum Gasteiger partial charge on any atom is 0.238 e. The van der Waals surface area contributed by atoms with Crippen molar-refractivity contribution in [2.75, 3.05) is 12.4 Å². The Kier molecular flexibility index (Phi) is 4.50. The van der Waals surface area contributed by atoms with E-state index >= 15 is 0 Å². The van der Waals surface area contributed by atoms with Crippen LogP contribution in [0.5, 0.6) is 5.75 Å². The summed E-state index contributed by atoms with van der Waals surface area (Å²) in [7, 11) is 1.64. The quantitative estimate of drug-likeness (QED) is 0.725. The molecule has 5 nitrogen and oxygen atoms in total. The van der Waals surface area contributed by atoms with Crippen LogP contribution in [0.15, 0.2) is 41.1 Å². The van der Waals surface area contributed by atoms with Gasteiger partial charge in [0.15, 0.2) is 0 Å². The Bertz CT molecular complexity index is 933. The number of hydrogen-bond acceptors (Lipinski definition) is 5. The molecule has 0 unspecified atom stereocenters. The van der Waals surface area contributed by atoms with Gasteiger partial charge < -0.3 is 10.1 Å². The molecule has 3 heterocycles. The Morgan fingerprint density at radius 3 is 2.65 bits per heavy atom. The van der Waals surface area contributed by atoms with Gasteiger partial charge in [-0.05, 0) is 60.5 Å². The van der Waals surface area contributed by atoms with Crippen LogP contribution in [0.25, 0.3) is 5.69 Å². The maximum absolute atomic E-state index is 12.6. The highest BCUT2D eigenvalue weighted by atomic mass is 32.2. The topological polar surface area (TPSA) is 56.1 Å². The second-order valence-corrected chi connectivity index (χ2v) is 8.39. The van der Waals surface area contributed by atoms with Gasteiger partial charge in [-0.25, -0.2) is 4.68 Å². The predicted octanol–water partition coefficient (Wildman–Crippen LogP) is 4.41. The standard InChI is InChI=1S/C19H19N3O2S2/c1-11-16-17(13-8-9-25-10-13)26-12(2)19(23)20-18(16)22(21-11)14-4-6-15(24-3)7-5-14/h4-10,12,17H,1-3H3,(H,20,23)/t12-,17+/m1/s1. The van der Waals surface area contributed by atoms with E-state index in [1.807, 2.05) is 42.8 Å². The number of carbonyl (C=O) groups excluding carboxylic acids is 1. The lowest BCUT2D eigenvalue weighted by Gasteiger charge is -2.15. The summed E-state index contributed by atoms with van der Waals surface area (Å²) in [5, 5.41) is 12.0. The van der Waals surface area contributed by atoms with Gasteiger partial charge in [0.1, 0.15) is 11.6 Å². The number of thioether (sulfide) groups is 1. The van der Waals surface area contributed by atoms with Crippen LogP contribution in [0.2, 0.25) is 0 Å². The van der Waals surface area contributed by atoms with Crippen LogP contribution >= 0.6 is 23.1 Å². The first-order valence-corrected chi connectivity index (χ1v) is 10.2. The lowest BCUT2D eigenvalue weighted by atomic mass is 10.1. The molecule has 26 heavy (non-hydrogen) atoms. The summed E-state index contributed by atoms with van der Waals surface area (Å²) in [6.45, 7) is 3.95. The van der Waals surface area contributed by atoms with Crippen molar-refractivity contribution < 1.29 is 9.53 Å². The highest BCUT2D eigenvalue weighted by Crippen LogP contribution is 2.46. The van der Waals surface area contributed by atoms with Crippen molar-refractivity contribution >= 4 is 34.8 Å². The van der Waals surface area contributed by atoms with Crippen molar-refractivity contribution in [3.63, 3.8) is 0 Å².